The molecule has 0 aliphatic carbocycles. The van der Waals surface area contributed by atoms with Gasteiger partial charge in [0.25, 0.3) is 0 Å². The third-order valence-electron chi connectivity index (χ3n) is 6.48. The second-order valence-corrected chi connectivity index (χ2v) is 10.8. The van der Waals surface area contributed by atoms with Crippen molar-refractivity contribution in [1.29, 1.82) is 5.26 Å². The van der Waals surface area contributed by atoms with E-state index in [1.165, 1.54) is 0 Å². The molecule has 5 rings (SSSR count). The van der Waals surface area contributed by atoms with Gasteiger partial charge in [0, 0.05) is 36.2 Å². The van der Waals surface area contributed by atoms with Crippen molar-refractivity contribution in [1.82, 2.24) is 14.3 Å². The van der Waals surface area contributed by atoms with E-state index in [2.05, 4.69) is 21.4 Å². The largest absolute Gasteiger partial charge is 0.384 e. The maximum Gasteiger partial charge on any atom is 0.243 e. The number of pyridine rings is 1. The Morgan fingerprint density at radius 1 is 1.09 bits per heavy atom. The van der Waals surface area contributed by atoms with E-state index in [-0.39, 0.29) is 10.9 Å². The highest BCUT2D eigenvalue weighted by molar-refractivity contribution is 7.89. The number of hydrogen-bond donors (Lipinski definition) is 3. The molecule has 1 aliphatic heterocycles. The van der Waals surface area contributed by atoms with Gasteiger partial charge in [-0.3, -0.25) is 0 Å². The third kappa shape index (κ3) is 4.46. The molecule has 9 heteroatoms. The number of piperidine rings is 1. The van der Waals surface area contributed by atoms with Gasteiger partial charge in [-0.15, -0.1) is 0 Å². The minimum atomic E-state index is -3.58. The van der Waals surface area contributed by atoms with Gasteiger partial charge in [0.1, 0.15) is 23.3 Å². The van der Waals surface area contributed by atoms with Crippen LogP contribution in [0.4, 0.5) is 11.6 Å². The number of nitrogens with two attached hydrogens (primary N) is 1. The molecule has 3 heterocycles. The lowest BCUT2D eigenvalue weighted by atomic mass is 10.0. The zero-order valence-corrected chi connectivity index (χ0v) is 20.1. The molecule has 1 fully saturated rings. The van der Waals surface area contributed by atoms with E-state index in [1.807, 2.05) is 43.5 Å². The van der Waals surface area contributed by atoms with Crippen LogP contribution in [0.1, 0.15) is 24.0 Å². The highest BCUT2D eigenvalue weighted by Gasteiger charge is 2.29. The van der Waals surface area contributed by atoms with Crippen LogP contribution in [0.25, 0.3) is 22.0 Å². The number of anilines is 2. The topological polar surface area (TPSA) is 128 Å². The maximum atomic E-state index is 13.2. The Morgan fingerprint density at radius 2 is 1.80 bits per heavy atom. The van der Waals surface area contributed by atoms with Crippen molar-refractivity contribution in [3.8, 4) is 17.2 Å². The number of aromatic amines is 1. The van der Waals surface area contributed by atoms with Crippen molar-refractivity contribution >= 4 is 32.6 Å². The van der Waals surface area contributed by atoms with E-state index < -0.39 is 10.0 Å². The van der Waals surface area contributed by atoms with Gasteiger partial charge in [-0.2, -0.15) is 9.57 Å². The number of fused-ring (bicyclic) bond motifs is 1. The van der Waals surface area contributed by atoms with E-state index in [0.29, 0.717) is 37.3 Å². The Bertz CT molecular complexity index is 1510. The van der Waals surface area contributed by atoms with Crippen LogP contribution >= 0.6 is 0 Å². The van der Waals surface area contributed by atoms with Crippen molar-refractivity contribution in [3.63, 3.8) is 0 Å². The number of nitriles is 1. The Kier molecular flexibility index (Phi) is 5.93. The van der Waals surface area contributed by atoms with Crippen LogP contribution in [0, 0.1) is 18.3 Å². The molecule has 178 valence electrons. The number of hydrogen-bond acceptors (Lipinski definition) is 6. The highest BCUT2D eigenvalue weighted by atomic mass is 32.2. The number of H-pyrrole nitrogens is 1. The Hall–Kier alpha value is -3.87. The average Bonchev–Trinajstić information content (AvgIpc) is 3.20. The number of nitrogens with one attached hydrogen (secondary N) is 2. The zero-order valence-electron chi connectivity index (χ0n) is 19.3. The lowest BCUT2D eigenvalue weighted by Crippen LogP contribution is -2.42. The van der Waals surface area contributed by atoms with E-state index in [0.717, 1.165) is 33.4 Å². The van der Waals surface area contributed by atoms with E-state index >= 15 is 0 Å². The predicted molar refractivity (Wildman–Crippen MR) is 137 cm³/mol. The summed E-state index contributed by atoms with van der Waals surface area (Å²) in [6, 6.07) is 18.9. The fourth-order valence-electron chi connectivity index (χ4n) is 4.48. The molecule has 1 aliphatic rings. The fraction of sp³-hybridized carbons (Fsp3) is 0.231. The van der Waals surface area contributed by atoms with Crippen LogP contribution in [0.3, 0.4) is 0 Å². The van der Waals surface area contributed by atoms with Crippen LogP contribution < -0.4 is 11.1 Å². The molecule has 8 nitrogen and oxygen atoms in total. The molecule has 2 aromatic heterocycles. The fourth-order valence-corrected chi connectivity index (χ4v) is 5.95. The first-order valence-corrected chi connectivity index (χ1v) is 12.9. The predicted octanol–water partition coefficient (Wildman–Crippen LogP) is 4.26. The van der Waals surface area contributed by atoms with Gasteiger partial charge in [0.05, 0.1) is 4.90 Å². The summed E-state index contributed by atoms with van der Waals surface area (Å²) in [4.78, 5) is 7.66. The SMILES string of the molecule is Cc1ccc(NC2CCN(S(=O)(=O)c3ccc(-c4ccc5[nH]c(N)c(C#N)c5c4)cc3)CC2)nc1. The van der Waals surface area contributed by atoms with E-state index in [4.69, 9.17) is 5.73 Å². The molecule has 0 saturated carbocycles. The molecule has 2 aromatic carbocycles. The van der Waals surface area contributed by atoms with Gasteiger partial charge in [0.15, 0.2) is 0 Å². The minimum absolute atomic E-state index is 0.190. The molecular formula is C26H26N6O2S. The summed E-state index contributed by atoms with van der Waals surface area (Å²) in [7, 11) is -3.58. The molecule has 0 spiro atoms. The van der Waals surface area contributed by atoms with Gasteiger partial charge in [-0.1, -0.05) is 24.3 Å². The number of benzene rings is 2. The molecule has 4 aromatic rings. The number of aromatic nitrogens is 2. The summed E-state index contributed by atoms with van der Waals surface area (Å²) in [6.07, 6.45) is 3.25. The molecule has 35 heavy (non-hydrogen) atoms. The molecule has 0 bridgehead atoms. The maximum absolute atomic E-state index is 13.2. The van der Waals surface area contributed by atoms with E-state index in [9.17, 15) is 13.7 Å². The first-order chi connectivity index (χ1) is 16.8. The van der Waals surface area contributed by atoms with Crippen molar-refractivity contribution in [3.05, 3.63) is 71.9 Å². The molecule has 0 radical (unpaired) electrons. The second-order valence-electron chi connectivity index (χ2n) is 8.85. The molecule has 0 atom stereocenters. The summed E-state index contributed by atoms with van der Waals surface area (Å²) < 4.78 is 28.0. The number of nitrogens with zero attached hydrogens (tertiary/aromatic N) is 3. The van der Waals surface area contributed by atoms with Crippen molar-refractivity contribution in [2.75, 3.05) is 24.1 Å². The van der Waals surface area contributed by atoms with Gasteiger partial charge in [-0.25, -0.2) is 13.4 Å². The number of nitrogen functional groups attached to an aromatic ring is 1. The second kappa shape index (κ2) is 9.06. The number of rotatable bonds is 5. The highest BCUT2D eigenvalue weighted by Crippen LogP contribution is 2.30. The monoisotopic (exact) mass is 486 g/mol. The Balaban J connectivity index is 1.29. The summed E-state index contributed by atoms with van der Waals surface area (Å²) in [5, 5.41) is 13.5. The summed E-state index contributed by atoms with van der Waals surface area (Å²) in [5.74, 6) is 1.16. The van der Waals surface area contributed by atoms with Crippen LogP contribution in [-0.2, 0) is 10.0 Å². The van der Waals surface area contributed by atoms with Crippen LogP contribution in [0.2, 0.25) is 0 Å². The normalized spacial score (nSPS) is 15.2. The molecule has 1 saturated heterocycles. The smallest absolute Gasteiger partial charge is 0.243 e. The van der Waals surface area contributed by atoms with Crippen LogP contribution in [-0.4, -0.2) is 41.8 Å². The first-order valence-electron chi connectivity index (χ1n) is 11.5. The van der Waals surface area contributed by atoms with E-state index in [1.54, 1.807) is 28.6 Å². The van der Waals surface area contributed by atoms with Crippen molar-refractivity contribution in [2.24, 2.45) is 0 Å². The molecule has 0 amide bonds. The third-order valence-corrected chi connectivity index (χ3v) is 8.39. The average molecular weight is 487 g/mol. The number of sulfonamides is 1. The zero-order chi connectivity index (χ0) is 24.6. The number of aryl methyl sites for hydroxylation is 1. The van der Waals surface area contributed by atoms with Crippen molar-refractivity contribution < 1.29 is 8.42 Å². The lowest BCUT2D eigenvalue weighted by Gasteiger charge is -2.32. The Morgan fingerprint density at radius 3 is 2.46 bits per heavy atom. The summed E-state index contributed by atoms with van der Waals surface area (Å²) in [5.41, 5.74) is 9.94. The first kappa shape index (κ1) is 22.9. The summed E-state index contributed by atoms with van der Waals surface area (Å²) in [6.45, 7) is 2.90. The lowest BCUT2D eigenvalue weighted by molar-refractivity contribution is 0.329. The van der Waals surface area contributed by atoms with Gasteiger partial charge in [0.2, 0.25) is 10.0 Å². The molecule has 4 N–H and O–H groups in total. The van der Waals surface area contributed by atoms with Crippen LogP contribution in [0.5, 0.6) is 0 Å². The van der Waals surface area contributed by atoms with Gasteiger partial charge in [-0.05, 0) is 66.8 Å². The standard InChI is InChI=1S/C26H26N6O2S/c1-17-2-9-25(29-16-17)30-20-10-12-32(13-11-20)35(33,34)21-6-3-18(4-7-21)19-5-8-24-22(14-19)23(15-27)26(28)31-24/h2-9,14,16,20,31H,10-13,28H2,1H3,(H,29,30). The molecular weight excluding hydrogens is 460 g/mol. The van der Waals surface area contributed by atoms with Gasteiger partial charge < -0.3 is 16.0 Å². The Labute approximate surface area is 204 Å². The molecule has 0 unspecified atom stereocenters. The minimum Gasteiger partial charge on any atom is -0.384 e. The summed E-state index contributed by atoms with van der Waals surface area (Å²) >= 11 is 0. The quantitative estimate of drug-likeness (QED) is 0.387. The van der Waals surface area contributed by atoms with Crippen molar-refractivity contribution in [2.45, 2.75) is 30.7 Å². The van der Waals surface area contributed by atoms with Crippen LogP contribution in [0.15, 0.2) is 65.7 Å². The van der Waals surface area contributed by atoms with Gasteiger partial charge >= 0.3 is 0 Å².